The van der Waals surface area contributed by atoms with Crippen LogP contribution in [0.15, 0.2) is 75.4 Å². The summed E-state index contributed by atoms with van der Waals surface area (Å²) in [6.07, 6.45) is 0.555. The highest BCUT2D eigenvalue weighted by Gasteiger charge is 2.23. The van der Waals surface area contributed by atoms with Gasteiger partial charge >= 0.3 is 0 Å². The number of sulfonamides is 1. The van der Waals surface area contributed by atoms with Gasteiger partial charge in [-0.05, 0) is 60.9 Å². The van der Waals surface area contributed by atoms with Gasteiger partial charge in [-0.15, -0.1) is 0 Å². The van der Waals surface area contributed by atoms with Crippen LogP contribution in [-0.4, -0.2) is 45.2 Å². The molecule has 0 saturated heterocycles. The maximum absolute atomic E-state index is 12.9. The quantitative estimate of drug-likeness (QED) is 0.540. The normalized spacial score (nSPS) is 13.0. The van der Waals surface area contributed by atoms with E-state index in [0.717, 1.165) is 15.4 Å². The Morgan fingerprint density at radius 1 is 1.00 bits per heavy atom. The first kappa shape index (κ1) is 24.0. The van der Waals surface area contributed by atoms with Crippen molar-refractivity contribution in [3.05, 3.63) is 82.9 Å². The highest BCUT2D eigenvalue weighted by molar-refractivity contribution is 7.99. The van der Waals surface area contributed by atoms with E-state index in [1.54, 1.807) is 36.4 Å². The van der Waals surface area contributed by atoms with Gasteiger partial charge in [0.15, 0.2) is 0 Å². The summed E-state index contributed by atoms with van der Waals surface area (Å²) in [6.45, 7) is 2.22. The molecule has 2 N–H and O–H groups in total. The standard InChI is InChI=1S/C25H25N3O4S2/c1-16-19(12-13-22-23(16)27-25(30)20-6-4-5-7-21(20)33-22)24(29)26-15-14-17-8-10-18(11-9-17)34(31,32)28(2)3/h4-13H,14-15H2,1-3H3,(H,26,29)(H,27,30). The van der Waals surface area contributed by atoms with Crippen molar-refractivity contribution in [1.82, 2.24) is 9.62 Å². The molecule has 176 valence electrons. The topological polar surface area (TPSA) is 95.6 Å². The average molecular weight is 496 g/mol. The summed E-state index contributed by atoms with van der Waals surface area (Å²) in [7, 11) is -0.484. The summed E-state index contributed by atoms with van der Waals surface area (Å²) in [5, 5.41) is 5.87. The summed E-state index contributed by atoms with van der Waals surface area (Å²) in [5.41, 5.74) is 3.38. The third-order valence-electron chi connectivity index (χ3n) is 5.66. The summed E-state index contributed by atoms with van der Waals surface area (Å²) >= 11 is 1.50. The van der Waals surface area contributed by atoms with Gasteiger partial charge in [0.1, 0.15) is 0 Å². The summed E-state index contributed by atoms with van der Waals surface area (Å²) < 4.78 is 25.5. The van der Waals surface area contributed by atoms with E-state index in [0.29, 0.717) is 35.3 Å². The lowest BCUT2D eigenvalue weighted by atomic mass is 10.1. The smallest absolute Gasteiger partial charge is 0.256 e. The van der Waals surface area contributed by atoms with Crippen molar-refractivity contribution in [1.29, 1.82) is 0 Å². The SMILES string of the molecule is Cc1c(C(=O)NCCc2ccc(S(=O)(=O)N(C)C)cc2)ccc2c1NC(=O)c1ccccc1S2. The number of carbonyl (C=O) groups excluding carboxylic acids is 2. The minimum atomic E-state index is -3.47. The van der Waals surface area contributed by atoms with Crippen molar-refractivity contribution in [2.75, 3.05) is 26.0 Å². The number of hydrogen-bond acceptors (Lipinski definition) is 5. The number of hydrogen-bond donors (Lipinski definition) is 2. The first-order valence-corrected chi connectivity index (χ1v) is 13.0. The van der Waals surface area contributed by atoms with Crippen LogP contribution in [0.4, 0.5) is 5.69 Å². The van der Waals surface area contributed by atoms with E-state index >= 15 is 0 Å². The summed E-state index contributed by atoms with van der Waals surface area (Å²) in [4.78, 5) is 27.6. The van der Waals surface area contributed by atoms with E-state index in [1.807, 2.05) is 31.2 Å². The molecule has 0 fully saturated rings. The predicted octanol–water partition coefficient (Wildman–Crippen LogP) is 3.93. The van der Waals surface area contributed by atoms with Gasteiger partial charge in [-0.3, -0.25) is 9.59 Å². The minimum absolute atomic E-state index is 0.192. The number of amides is 2. The largest absolute Gasteiger partial charge is 0.352 e. The highest BCUT2D eigenvalue weighted by atomic mass is 32.2. The Balaban J connectivity index is 1.44. The maximum atomic E-state index is 12.9. The lowest BCUT2D eigenvalue weighted by molar-refractivity contribution is 0.0952. The Hall–Kier alpha value is -3.14. The van der Waals surface area contributed by atoms with Crippen molar-refractivity contribution >= 4 is 39.3 Å². The van der Waals surface area contributed by atoms with Crippen molar-refractivity contribution < 1.29 is 18.0 Å². The van der Waals surface area contributed by atoms with Gasteiger partial charge in [0, 0.05) is 36.0 Å². The Morgan fingerprint density at radius 3 is 2.41 bits per heavy atom. The number of carbonyl (C=O) groups is 2. The molecule has 1 aliphatic rings. The molecule has 0 aromatic heterocycles. The van der Waals surface area contributed by atoms with Crippen molar-refractivity contribution in [2.45, 2.75) is 28.0 Å². The molecule has 2 amide bonds. The van der Waals surface area contributed by atoms with E-state index < -0.39 is 10.0 Å². The number of fused-ring (bicyclic) bond motifs is 2. The third-order valence-corrected chi connectivity index (χ3v) is 8.63. The molecule has 3 aromatic rings. The van der Waals surface area contributed by atoms with Crippen molar-refractivity contribution in [2.24, 2.45) is 0 Å². The van der Waals surface area contributed by atoms with Crippen LogP contribution in [0.5, 0.6) is 0 Å². The molecule has 4 rings (SSSR count). The van der Waals surface area contributed by atoms with Crippen LogP contribution < -0.4 is 10.6 Å². The van der Waals surface area contributed by atoms with Gasteiger partial charge in [0.2, 0.25) is 10.0 Å². The second kappa shape index (κ2) is 9.61. The van der Waals surface area contributed by atoms with Crippen LogP contribution in [0.25, 0.3) is 0 Å². The zero-order chi connectivity index (χ0) is 24.5. The molecule has 1 heterocycles. The van der Waals surface area contributed by atoms with Crippen LogP contribution in [-0.2, 0) is 16.4 Å². The second-order valence-electron chi connectivity index (χ2n) is 8.10. The zero-order valence-corrected chi connectivity index (χ0v) is 20.7. The predicted molar refractivity (Wildman–Crippen MR) is 133 cm³/mol. The molecule has 0 bridgehead atoms. The van der Waals surface area contributed by atoms with Gasteiger partial charge in [-0.2, -0.15) is 0 Å². The fraction of sp³-hybridized carbons (Fsp3) is 0.200. The van der Waals surface area contributed by atoms with Crippen molar-refractivity contribution in [3.8, 4) is 0 Å². The van der Waals surface area contributed by atoms with Crippen molar-refractivity contribution in [3.63, 3.8) is 0 Å². The van der Waals surface area contributed by atoms with Crippen LogP contribution in [0.2, 0.25) is 0 Å². The van der Waals surface area contributed by atoms with Gasteiger partial charge in [-0.1, -0.05) is 36.0 Å². The van der Waals surface area contributed by atoms with Gasteiger partial charge in [-0.25, -0.2) is 12.7 Å². The lowest BCUT2D eigenvalue weighted by Crippen LogP contribution is -2.27. The molecule has 3 aromatic carbocycles. The Labute approximate surface area is 203 Å². The molecule has 1 aliphatic heterocycles. The van der Waals surface area contributed by atoms with E-state index in [-0.39, 0.29) is 16.7 Å². The molecule has 0 aliphatic carbocycles. The number of anilines is 1. The Bertz CT molecular complexity index is 1370. The van der Waals surface area contributed by atoms with E-state index in [1.165, 1.54) is 30.2 Å². The van der Waals surface area contributed by atoms with Gasteiger partial charge in [0.25, 0.3) is 11.8 Å². The first-order valence-electron chi connectivity index (χ1n) is 10.7. The molecule has 0 spiro atoms. The number of nitrogens with zero attached hydrogens (tertiary/aromatic N) is 1. The van der Waals surface area contributed by atoms with Crippen LogP contribution in [0.3, 0.4) is 0 Å². The second-order valence-corrected chi connectivity index (χ2v) is 11.3. The lowest BCUT2D eigenvalue weighted by Gasteiger charge is -2.14. The number of benzene rings is 3. The highest BCUT2D eigenvalue weighted by Crippen LogP contribution is 2.41. The van der Waals surface area contributed by atoms with Crippen LogP contribution in [0.1, 0.15) is 31.8 Å². The van der Waals surface area contributed by atoms with Crippen LogP contribution >= 0.6 is 11.8 Å². The van der Waals surface area contributed by atoms with E-state index in [4.69, 9.17) is 0 Å². The molecule has 0 atom stereocenters. The maximum Gasteiger partial charge on any atom is 0.256 e. The molecule has 0 radical (unpaired) electrons. The average Bonchev–Trinajstić information content (AvgIpc) is 2.96. The molecule has 34 heavy (non-hydrogen) atoms. The zero-order valence-electron chi connectivity index (χ0n) is 19.1. The fourth-order valence-electron chi connectivity index (χ4n) is 3.67. The fourth-order valence-corrected chi connectivity index (χ4v) is 5.67. The van der Waals surface area contributed by atoms with E-state index in [2.05, 4.69) is 10.6 Å². The molecule has 0 saturated carbocycles. The first-order chi connectivity index (χ1) is 16.2. The Kier molecular flexibility index (Phi) is 6.79. The molecule has 7 nitrogen and oxygen atoms in total. The van der Waals surface area contributed by atoms with E-state index in [9.17, 15) is 18.0 Å². The summed E-state index contributed by atoms with van der Waals surface area (Å²) in [6, 6.07) is 17.7. The molecular formula is C25H25N3O4S2. The molecular weight excluding hydrogens is 470 g/mol. The summed E-state index contributed by atoms with van der Waals surface area (Å²) in [5.74, 6) is -0.421. The molecule has 9 heteroatoms. The minimum Gasteiger partial charge on any atom is -0.352 e. The molecule has 0 unspecified atom stereocenters. The van der Waals surface area contributed by atoms with Gasteiger partial charge in [0.05, 0.1) is 16.1 Å². The number of rotatable bonds is 6. The monoisotopic (exact) mass is 495 g/mol. The van der Waals surface area contributed by atoms with Crippen LogP contribution in [0, 0.1) is 6.92 Å². The Morgan fingerprint density at radius 2 is 1.71 bits per heavy atom. The number of nitrogens with one attached hydrogen (secondary N) is 2. The third kappa shape index (κ3) is 4.72. The van der Waals surface area contributed by atoms with Gasteiger partial charge < -0.3 is 10.6 Å².